The second-order valence-electron chi connectivity index (χ2n) is 5.03. The van der Waals surface area contributed by atoms with Crippen LogP contribution in [0, 0.1) is 0 Å². The average Bonchev–Trinajstić information content (AvgIpc) is 2.57. The predicted molar refractivity (Wildman–Crippen MR) is 90.6 cm³/mol. The summed E-state index contributed by atoms with van der Waals surface area (Å²) in [7, 11) is 4.64. The van der Waals surface area contributed by atoms with Crippen molar-refractivity contribution in [2.75, 3.05) is 21.3 Å². The number of hydrazone groups is 1. The number of carbonyl (C=O) groups is 1. The fourth-order valence-corrected chi connectivity index (χ4v) is 2.17. The predicted octanol–water partition coefficient (Wildman–Crippen LogP) is 3.13. The molecule has 1 aromatic carbocycles. The Kier molecular flexibility index (Phi) is 8.57. The van der Waals surface area contributed by atoms with Crippen molar-refractivity contribution in [2.24, 2.45) is 5.10 Å². The van der Waals surface area contributed by atoms with E-state index in [4.69, 9.17) is 14.2 Å². The van der Waals surface area contributed by atoms with E-state index in [2.05, 4.69) is 17.5 Å². The van der Waals surface area contributed by atoms with Gasteiger partial charge in [-0.25, -0.2) is 5.43 Å². The van der Waals surface area contributed by atoms with Crippen molar-refractivity contribution in [2.45, 2.75) is 39.0 Å². The van der Waals surface area contributed by atoms with Crippen LogP contribution in [0.5, 0.6) is 17.2 Å². The highest BCUT2D eigenvalue weighted by molar-refractivity contribution is 5.87. The first-order chi connectivity index (χ1) is 11.2. The Morgan fingerprint density at radius 1 is 1.09 bits per heavy atom. The van der Waals surface area contributed by atoms with Crippen molar-refractivity contribution in [1.82, 2.24) is 5.43 Å². The van der Waals surface area contributed by atoms with Crippen LogP contribution >= 0.6 is 0 Å². The maximum atomic E-state index is 11.7. The lowest BCUT2D eigenvalue weighted by atomic mass is 10.1. The van der Waals surface area contributed by atoms with Gasteiger partial charge in [-0.1, -0.05) is 26.2 Å². The van der Waals surface area contributed by atoms with E-state index in [9.17, 15) is 4.79 Å². The maximum absolute atomic E-state index is 11.7. The number of benzene rings is 1. The molecule has 0 atom stereocenters. The first-order valence-corrected chi connectivity index (χ1v) is 7.78. The van der Waals surface area contributed by atoms with Crippen molar-refractivity contribution in [3.05, 3.63) is 17.7 Å². The number of carbonyl (C=O) groups excluding carboxylic acids is 1. The van der Waals surface area contributed by atoms with Gasteiger partial charge in [-0.15, -0.1) is 0 Å². The molecule has 6 nitrogen and oxygen atoms in total. The zero-order valence-electron chi connectivity index (χ0n) is 14.3. The monoisotopic (exact) mass is 322 g/mol. The molecule has 0 aromatic heterocycles. The fourth-order valence-electron chi connectivity index (χ4n) is 2.17. The minimum Gasteiger partial charge on any atom is -0.493 e. The van der Waals surface area contributed by atoms with E-state index in [0.717, 1.165) is 25.7 Å². The van der Waals surface area contributed by atoms with E-state index >= 15 is 0 Å². The lowest BCUT2D eigenvalue weighted by Crippen LogP contribution is -2.17. The van der Waals surface area contributed by atoms with Crippen LogP contribution in [0.3, 0.4) is 0 Å². The second kappa shape index (κ2) is 10.5. The average molecular weight is 322 g/mol. The molecule has 0 saturated carbocycles. The summed E-state index contributed by atoms with van der Waals surface area (Å²) >= 11 is 0. The summed E-state index contributed by atoms with van der Waals surface area (Å²) in [6, 6.07) is 3.55. The summed E-state index contributed by atoms with van der Waals surface area (Å²) < 4.78 is 15.9. The van der Waals surface area contributed by atoms with Gasteiger partial charge in [0.25, 0.3) is 0 Å². The van der Waals surface area contributed by atoms with Gasteiger partial charge in [0.2, 0.25) is 11.7 Å². The van der Waals surface area contributed by atoms with Crippen LogP contribution in [0.25, 0.3) is 0 Å². The molecule has 23 heavy (non-hydrogen) atoms. The van der Waals surface area contributed by atoms with Crippen molar-refractivity contribution in [3.8, 4) is 17.2 Å². The smallest absolute Gasteiger partial charge is 0.240 e. The fraction of sp³-hybridized carbons (Fsp3) is 0.529. The number of nitrogens with one attached hydrogen (secondary N) is 1. The zero-order valence-corrected chi connectivity index (χ0v) is 14.3. The summed E-state index contributed by atoms with van der Waals surface area (Å²) in [5.41, 5.74) is 3.22. The second-order valence-corrected chi connectivity index (χ2v) is 5.03. The molecular weight excluding hydrogens is 296 g/mol. The van der Waals surface area contributed by atoms with Gasteiger partial charge in [-0.2, -0.15) is 5.10 Å². The molecule has 0 fully saturated rings. The Hall–Kier alpha value is -2.24. The van der Waals surface area contributed by atoms with E-state index in [0.29, 0.717) is 29.2 Å². The molecule has 1 aromatic rings. The minimum atomic E-state index is -0.0863. The lowest BCUT2D eigenvalue weighted by molar-refractivity contribution is -0.121. The van der Waals surface area contributed by atoms with Crippen LogP contribution in [0.15, 0.2) is 17.2 Å². The molecule has 0 radical (unpaired) electrons. The third-order valence-corrected chi connectivity index (χ3v) is 3.38. The topological polar surface area (TPSA) is 69.2 Å². The SMILES string of the molecule is CCCCCCC(=O)NN=Cc1ccc(OC)c(OC)c1OC. The van der Waals surface area contributed by atoms with Gasteiger partial charge in [0.15, 0.2) is 11.5 Å². The van der Waals surface area contributed by atoms with Gasteiger partial charge in [0, 0.05) is 12.0 Å². The molecule has 128 valence electrons. The summed E-state index contributed by atoms with van der Waals surface area (Å²) in [6.45, 7) is 2.14. The third kappa shape index (κ3) is 5.81. The highest BCUT2D eigenvalue weighted by Gasteiger charge is 2.14. The number of ether oxygens (including phenoxy) is 3. The Morgan fingerprint density at radius 3 is 2.43 bits per heavy atom. The largest absolute Gasteiger partial charge is 0.493 e. The van der Waals surface area contributed by atoms with Gasteiger partial charge < -0.3 is 14.2 Å². The van der Waals surface area contributed by atoms with Crippen LogP contribution in [0.1, 0.15) is 44.6 Å². The van der Waals surface area contributed by atoms with Crippen LogP contribution in [0.4, 0.5) is 0 Å². The molecule has 0 heterocycles. The molecule has 1 amide bonds. The zero-order chi connectivity index (χ0) is 17.1. The number of hydrogen-bond donors (Lipinski definition) is 1. The number of rotatable bonds is 10. The molecule has 6 heteroatoms. The van der Waals surface area contributed by atoms with Gasteiger partial charge in [-0.3, -0.25) is 4.79 Å². The van der Waals surface area contributed by atoms with E-state index < -0.39 is 0 Å². The summed E-state index contributed by atoms with van der Waals surface area (Å²) in [6.07, 6.45) is 6.27. The van der Waals surface area contributed by atoms with Crippen molar-refractivity contribution < 1.29 is 19.0 Å². The summed E-state index contributed by atoms with van der Waals surface area (Å²) in [5.74, 6) is 1.48. The van der Waals surface area contributed by atoms with E-state index in [1.807, 2.05) is 0 Å². The van der Waals surface area contributed by atoms with Crippen LogP contribution < -0.4 is 19.6 Å². The molecule has 0 unspecified atom stereocenters. The molecule has 0 spiro atoms. The minimum absolute atomic E-state index is 0.0863. The van der Waals surface area contributed by atoms with Crippen molar-refractivity contribution in [1.29, 1.82) is 0 Å². The number of nitrogens with zero attached hydrogens (tertiary/aromatic N) is 1. The Morgan fingerprint density at radius 2 is 1.83 bits per heavy atom. The molecular formula is C17H26N2O4. The lowest BCUT2D eigenvalue weighted by Gasteiger charge is -2.13. The third-order valence-electron chi connectivity index (χ3n) is 3.38. The molecule has 1 rings (SSSR count). The quantitative estimate of drug-likeness (QED) is 0.408. The standard InChI is InChI=1S/C17H26N2O4/c1-5-6-7-8-9-15(20)19-18-12-13-10-11-14(21-2)17(23-4)16(13)22-3/h10-12H,5-9H2,1-4H3,(H,19,20). The number of methoxy groups -OCH3 is 3. The molecule has 0 bridgehead atoms. The van der Waals surface area contributed by atoms with Gasteiger partial charge in [0.1, 0.15) is 0 Å². The Bertz CT molecular complexity index is 530. The van der Waals surface area contributed by atoms with E-state index in [-0.39, 0.29) is 5.91 Å². The number of hydrogen-bond acceptors (Lipinski definition) is 5. The van der Waals surface area contributed by atoms with Gasteiger partial charge in [0.05, 0.1) is 27.5 Å². The van der Waals surface area contributed by atoms with E-state index in [1.165, 1.54) is 6.21 Å². The van der Waals surface area contributed by atoms with Crippen molar-refractivity contribution in [3.63, 3.8) is 0 Å². The summed E-state index contributed by atoms with van der Waals surface area (Å²) in [4.78, 5) is 11.7. The van der Waals surface area contributed by atoms with E-state index in [1.54, 1.807) is 33.5 Å². The highest BCUT2D eigenvalue weighted by atomic mass is 16.5. The maximum Gasteiger partial charge on any atom is 0.240 e. The van der Waals surface area contributed by atoms with Crippen molar-refractivity contribution >= 4 is 12.1 Å². The van der Waals surface area contributed by atoms with Gasteiger partial charge >= 0.3 is 0 Å². The Balaban J connectivity index is 2.67. The number of unbranched alkanes of at least 4 members (excludes halogenated alkanes) is 3. The number of amides is 1. The molecule has 0 aliphatic heterocycles. The molecule has 0 aliphatic carbocycles. The first-order valence-electron chi connectivity index (χ1n) is 7.78. The first kappa shape index (κ1) is 18.8. The highest BCUT2D eigenvalue weighted by Crippen LogP contribution is 2.38. The molecule has 0 aliphatic rings. The molecule has 0 saturated heterocycles. The van der Waals surface area contributed by atoms with Crippen LogP contribution in [-0.2, 0) is 4.79 Å². The Labute approximate surface area is 137 Å². The summed E-state index contributed by atoms with van der Waals surface area (Å²) in [5, 5.41) is 3.98. The van der Waals surface area contributed by atoms with Crippen LogP contribution in [-0.4, -0.2) is 33.5 Å². The normalized spacial score (nSPS) is 10.6. The van der Waals surface area contributed by atoms with Gasteiger partial charge in [-0.05, 0) is 18.6 Å². The molecule has 1 N–H and O–H groups in total. The van der Waals surface area contributed by atoms with Crippen LogP contribution in [0.2, 0.25) is 0 Å².